The number of phenolic OH excluding ortho intramolecular Hbond substituents is 1. The van der Waals surface area contributed by atoms with Crippen molar-refractivity contribution in [1.29, 1.82) is 0 Å². The van der Waals surface area contributed by atoms with Crippen LogP contribution in [-0.4, -0.2) is 11.9 Å². The Labute approximate surface area is 125 Å². The third kappa shape index (κ3) is 2.54. The number of aromatic hydroxyl groups is 1. The Morgan fingerprint density at radius 3 is 2.90 bits per heavy atom. The van der Waals surface area contributed by atoms with Gasteiger partial charge in [-0.3, -0.25) is 0 Å². The van der Waals surface area contributed by atoms with Crippen LogP contribution < -0.4 is 14.8 Å². The van der Waals surface area contributed by atoms with Crippen LogP contribution in [0.2, 0.25) is 0 Å². The van der Waals surface area contributed by atoms with Gasteiger partial charge in [-0.2, -0.15) is 0 Å². The van der Waals surface area contributed by atoms with Crippen LogP contribution in [0.5, 0.6) is 17.2 Å². The minimum Gasteiger partial charge on any atom is -0.508 e. The zero-order valence-corrected chi connectivity index (χ0v) is 12.5. The summed E-state index contributed by atoms with van der Waals surface area (Å²) in [5.74, 6) is 1.83. The Morgan fingerprint density at radius 1 is 1.25 bits per heavy atom. The van der Waals surface area contributed by atoms with Gasteiger partial charge in [0.25, 0.3) is 0 Å². The van der Waals surface area contributed by atoms with Crippen molar-refractivity contribution >= 4 is 21.6 Å². The van der Waals surface area contributed by atoms with Crippen molar-refractivity contribution in [3.05, 3.63) is 45.9 Å². The zero-order valence-electron chi connectivity index (χ0n) is 10.9. The van der Waals surface area contributed by atoms with Gasteiger partial charge in [0.1, 0.15) is 5.75 Å². The molecule has 0 amide bonds. The fourth-order valence-corrected chi connectivity index (χ4v) is 2.70. The van der Waals surface area contributed by atoms with Gasteiger partial charge in [0.2, 0.25) is 6.79 Å². The van der Waals surface area contributed by atoms with Crippen LogP contribution in [0.25, 0.3) is 0 Å². The Morgan fingerprint density at radius 2 is 2.10 bits per heavy atom. The Balaban J connectivity index is 1.75. The molecule has 0 spiro atoms. The molecule has 0 atom stereocenters. The van der Waals surface area contributed by atoms with E-state index in [1.165, 1.54) is 0 Å². The lowest BCUT2D eigenvalue weighted by Gasteiger charge is -2.09. The first kappa shape index (κ1) is 13.1. The number of ether oxygens (including phenoxy) is 2. The molecule has 4 nitrogen and oxygen atoms in total. The van der Waals surface area contributed by atoms with Crippen molar-refractivity contribution in [2.45, 2.75) is 13.5 Å². The Kier molecular flexibility index (Phi) is 3.44. The molecule has 0 aliphatic carbocycles. The maximum Gasteiger partial charge on any atom is 0.231 e. The lowest BCUT2D eigenvalue weighted by molar-refractivity contribution is 0.173. The summed E-state index contributed by atoms with van der Waals surface area (Å²) >= 11 is 3.48. The molecule has 2 N–H and O–H groups in total. The van der Waals surface area contributed by atoms with E-state index in [9.17, 15) is 5.11 Å². The van der Waals surface area contributed by atoms with E-state index < -0.39 is 0 Å². The highest BCUT2D eigenvalue weighted by molar-refractivity contribution is 9.10. The number of benzene rings is 2. The second-order valence-corrected chi connectivity index (χ2v) is 5.52. The van der Waals surface area contributed by atoms with Gasteiger partial charge in [0, 0.05) is 12.2 Å². The minimum absolute atomic E-state index is 0.266. The Hall–Kier alpha value is -1.88. The first-order valence-electron chi connectivity index (χ1n) is 6.25. The Bertz CT molecular complexity index is 658. The highest BCUT2D eigenvalue weighted by atomic mass is 79.9. The van der Waals surface area contributed by atoms with Crippen molar-refractivity contribution in [2.24, 2.45) is 0 Å². The van der Waals surface area contributed by atoms with E-state index in [-0.39, 0.29) is 6.79 Å². The average molecular weight is 336 g/mol. The zero-order chi connectivity index (χ0) is 14.1. The molecule has 0 radical (unpaired) electrons. The van der Waals surface area contributed by atoms with E-state index in [1.807, 2.05) is 31.2 Å². The molecule has 3 rings (SSSR count). The summed E-state index contributed by atoms with van der Waals surface area (Å²) in [7, 11) is 0. The average Bonchev–Trinajstić information content (AvgIpc) is 2.89. The summed E-state index contributed by atoms with van der Waals surface area (Å²) in [4.78, 5) is 0. The van der Waals surface area contributed by atoms with Gasteiger partial charge in [-0.25, -0.2) is 0 Å². The second-order valence-electron chi connectivity index (χ2n) is 4.67. The molecule has 0 aromatic heterocycles. The maximum absolute atomic E-state index is 9.51. The van der Waals surface area contributed by atoms with E-state index in [0.29, 0.717) is 12.3 Å². The first-order chi connectivity index (χ1) is 9.63. The van der Waals surface area contributed by atoms with Crippen molar-refractivity contribution in [3.63, 3.8) is 0 Å². The number of anilines is 1. The van der Waals surface area contributed by atoms with Crippen LogP contribution in [0.3, 0.4) is 0 Å². The predicted molar refractivity (Wildman–Crippen MR) is 80.4 cm³/mol. The van der Waals surface area contributed by atoms with Crippen LogP contribution in [0, 0.1) is 6.92 Å². The maximum atomic E-state index is 9.51. The summed E-state index contributed by atoms with van der Waals surface area (Å²) < 4.78 is 11.6. The SMILES string of the molecule is Cc1cc(NCc2cc(Br)c3c(c2)OCO3)ccc1O. The molecule has 1 aliphatic rings. The van der Waals surface area contributed by atoms with Gasteiger partial charge in [0.15, 0.2) is 11.5 Å². The molecule has 0 saturated carbocycles. The number of fused-ring (bicyclic) bond motifs is 1. The monoisotopic (exact) mass is 335 g/mol. The summed E-state index contributed by atoms with van der Waals surface area (Å²) in [6, 6.07) is 9.43. The minimum atomic E-state index is 0.266. The number of aryl methyl sites for hydroxylation is 1. The summed E-state index contributed by atoms with van der Waals surface area (Å²) in [6.07, 6.45) is 0. The van der Waals surface area contributed by atoms with Gasteiger partial charge >= 0.3 is 0 Å². The highest BCUT2D eigenvalue weighted by Crippen LogP contribution is 2.40. The number of rotatable bonds is 3. The molecular weight excluding hydrogens is 322 g/mol. The lowest BCUT2D eigenvalue weighted by Crippen LogP contribution is -1.99. The van der Waals surface area contributed by atoms with Crippen LogP contribution in [0.4, 0.5) is 5.69 Å². The number of hydrogen-bond donors (Lipinski definition) is 2. The molecule has 2 aromatic rings. The van der Waals surface area contributed by atoms with E-state index in [0.717, 1.165) is 32.8 Å². The van der Waals surface area contributed by atoms with Crippen LogP contribution in [0.15, 0.2) is 34.8 Å². The molecule has 104 valence electrons. The topological polar surface area (TPSA) is 50.7 Å². The first-order valence-corrected chi connectivity index (χ1v) is 7.04. The smallest absolute Gasteiger partial charge is 0.231 e. The molecule has 0 unspecified atom stereocenters. The molecule has 1 aliphatic heterocycles. The highest BCUT2D eigenvalue weighted by Gasteiger charge is 2.17. The van der Waals surface area contributed by atoms with Gasteiger partial charge in [-0.15, -0.1) is 0 Å². The number of phenols is 1. The number of nitrogens with one attached hydrogen (secondary N) is 1. The molecule has 0 fully saturated rings. The molecule has 5 heteroatoms. The van der Waals surface area contributed by atoms with E-state index in [4.69, 9.17) is 9.47 Å². The van der Waals surface area contributed by atoms with Crippen LogP contribution >= 0.6 is 15.9 Å². The molecule has 2 aromatic carbocycles. The van der Waals surface area contributed by atoms with Gasteiger partial charge in [-0.05, 0) is 64.3 Å². The van der Waals surface area contributed by atoms with Crippen molar-refractivity contribution in [3.8, 4) is 17.2 Å². The van der Waals surface area contributed by atoms with Crippen molar-refractivity contribution < 1.29 is 14.6 Å². The third-order valence-corrected chi connectivity index (χ3v) is 3.77. The number of halogens is 1. The molecule has 1 heterocycles. The molecule has 0 saturated heterocycles. The summed E-state index contributed by atoms with van der Waals surface area (Å²) in [6.45, 7) is 2.80. The standard InChI is InChI=1S/C15H14BrNO3/c1-9-4-11(2-3-13(9)18)17-7-10-5-12(16)15-14(6-10)19-8-20-15/h2-6,17-18H,7-8H2,1H3. The van der Waals surface area contributed by atoms with Crippen LogP contribution in [0.1, 0.15) is 11.1 Å². The van der Waals surface area contributed by atoms with E-state index >= 15 is 0 Å². The number of hydrogen-bond acceptors (Lipinski definition) is 4. The van der Waals surface area contributed by atoms with Gasteiger partial charge < -0.3 is 19.9 Å². The molecular formula is C15H14BrNO3. The second kappa shape index (κ2) is 5.25. The predicted octanol–water partition coefficient (Wildman–Crippen LogP) is 3.80. The molecule has 20 heavy (non-hydrogen) atoms. The van der Waals surface area contributed by atoms with Gasteiger partial charge in [-0.1, -0.05) is 0 Å². The summed E-state index contributed by atoms with van der Waals surface area (Å²) in [5, 5.41) is 12.8. The fourth-order valence-electron chi connectivity index (χ4n) is 2.09. The fraction of sp³-hybridized carbons (Fsp3) is 0.200. The normalized spacial score (nSPS) is 12.5. The van der Waals surface area contributed by atoms with Crippen molar-refractivity contribution in [1.82, 2.24) is 0 Å². The van der Waals surface area contributed by atoms with Crippen molar-refractivity contribution in [2.75, 3.05) is 12.1 Å². The van der Waals surface area contributed by atoms with Gasteiger partial charge in [0.05, 0.1) is 4.47 Å². The van der Waals surface area contributed by atoms with Crippen LogP contribution in [-0.2, 0) is 6.54 Å². The largest absolute Gasteiger partial charge is 0.508 e. The lowest BCUT2D eigenvalue weighted by atomic mass is 10.1. The van der Waals surface area contributed by atoms with E-state index in [1.54, 1.807) is 6.07 Å². The molecule has 0 bridgehead atoms. The third-order valence-electron chi connectivity index (χ3n) is 3.18. The summed E-state index contributed by atoms with van der Waals surface area (Å²) in [5.41, 5.74) is 2.91. The van der Waals surface area contributed by atoms with E-state index in [2.05, 4.69) is 21.2 Å². The quantitative estimate of drug-likeness (QED) is 0.837.